The zero-order valence-corrected chi connectivity index (χ0v) is 16.5. The van der Waals surface area contributed by atoms with E-state index in [0.29, 0.717) is 4.88 Å². The van der Waals surface area contributed by atoms with Gasteiger partial charge in [0.15, 0.2) is 6.61 Å². The fraction of sp³-hybridized carbons (Fsp3) is 0.350. The Hall–Kier alpha value is -2.67. The molecule has 0 fully saturated rings. The van der Waals surface area contributed by atoms with Crippen molar-refractivity contribution in [3.63, 3.8) is 0 Å². The average Bonchev–Trinajstić information content (AvgIpc) is 3.25. The molecule has 7 heteroatoms. The van der Waals surface area contributed by atoms with E-state index < -0.39 is 5.97 Å². The number of para-hydroxylation sites is 1. The third-order valence-corrected chi connectivity index (χ3v) is 5.52. The van der Waals surface area contributed by atoms with Gasteiger partial charge in [-0.2, -0.15) is 5.10 Å². The third-order valence-electron chi connectivity index (χ3n) is 4.43. The highest BCUT2D eigenvalue weighted by atomic mass is 32.1. The van der Waals surface area contributed by atoms with Crippen LogP contribution in [0.3, 0.4) is 0 Å². The normalized spacial score (nSPS) is 11.1. The molecular formula is C20H23N3O3S. The van der Waals surface area contributed by atoms with Crippen molar-refractivity contribution >= 4 is 33.4 Å². The second-order valence-electron chi connectivity index (χ2n) is 6.32. The summed E-state index contributed by atoms with van der Waals surface area (Å²) in [5.41, 5.74) is 1.78. The molecule has 0 atom stereocenters. The number of carbonyl (C=O) groups excluding carboxylic acids is 2. The first-order valence-corrected chi connectivity index (χ1v) is 9.86. The van der Waals surface area contributed by atoms with Crippen LogP contribution in [0.5, 0.6) is 0 Å². The summed E-state index contributed by atoms with van der Waals surface area (Å²) in [5, 5.41) is 8.33. The highest BCUT2D eigenvalue weighted by molar-refractivity contribution is 7.20. The van der Waals surface area contributed by atoms with Crippen LogP contribution in [0.1, 0.15) is 42.1 Å². The third kappa shape index (κ3) is 4.19. The molecule has 0 spiro atoms. The van der Waals surface area contributed by atoms with Gasteiger partial charge < -0.3 is 10.1 Å². The van der Waals surface area contributed by atoms with Crippen LogP contribution >= 0.6 is 11.3 Å². The minimum atomic E-state index is -0.491. The molecule has 1 amide bonds. The van der Waals surface area contributed by atoms with Crippen LogP contribution in [0.25, 0.3) is 15.9 Å². The second-order valence-corrected chi connectivity index (χ2v) is 7.35. The SMILES string of the molecule is CCC(CC)NC(=O)COC(=O)c1cc2c(C)nn(-c3ccccc3)c2s1. The van der Waals surface area contributed by atoms with Crippen molar-refractivity contribution in [2.45, 2.75) is 39.7 Å². The van der Waals surface area contributed by atoms with Crippen LogP contribution in [0.2, 0.25) is 0 Å². The van der Waals surface area contributed by atoms with Gasteiger partial charge in [-0.05, 0) is 38.0 Å². The largest absolute Gasteiger partial charge is 0.451 e. The number of aryl methyl sites for hydroxylation is 1. The van der Waals surface area contributed by atoms with E-state index >= 15 is 0 Å². The maximum absolute atomic E-state index is 12.4. The van der Waals surface area contributed by atoms with Gasteiger partial charge in [-0.3, -0.25) is 4.79 Å². The van der Waals surface area contributed by atoms with E-state index in [9.17, 15) is 9.59 Å². The molecule has 0 bridgehead atoms. The Morgan fingerprint density at radius 1 is 1.22 bits per heavy atom. The molecule has 0 saturated heterocycles. The first-order chi connectivity index (χ1) is 13.0. The Bertz CT molecular complexity index is 942. The van der Waals surface area contributed by atoms with Gasteiger partial charge >= 0.3 is 5.97 Å². The van der Waals surface area contributed by atoms with Crippen molar-refractivity contribution in [3.05, 3.63) is 47.0 Å². The molecule has 2 heterocycles. The molecule has 0 unspecified atom stereocenters. The van der Waals surface area contributed by atoms with Crippen molar-refractivity contribution in [2.24, 2.45) is 0 Å². The number of amides is 1. The lowest BCUT2D eigenvalue weighted by Crippen LogP contribution is -2.36. The molecule has 1 N–H and O–H groups in total. The van der Waals surface area contributed by atoms with Gasteiger partial charge in [-0.1, -0.05) is 32.0 Å². The summed E-state index contributed by atoms with van der Waals surface area (Å²) < 4.78 is 7.02. The Kier molecular flexibility index (Phi) is 5.91. The summed E-state index contributed by atoms with van der Waals surface area (Å²) >= 11 is 1.32. The molecule has 27 heavy (non-hydrogen) atoms. The van der Waals surface area contributed by atoms with Gasteiger partial charge in [0.05, 0.1) is 11.4 Å². The van der Waals surface area contributed by atoms with E-state index in [1.165, 1.54) is 11.3 Å². The molecule has 3 aromatic rings. The minimum absolute atomic E-state index is 0.111. The lowest BCUT2D eigenvalue weighted by molar-refractivity contribution is -0.125. The zero-order chi connectivity index (χ0) is 19.4. The van der Waals surface area contributed by atoms with Gasteiger partial charge in [0.1, 0.15) is 9.71 Å². The number of rotatable bonds is 7. The summed E-state index contributed by atoms with van der Waals surface area (Å²) in [6.07, 6.45) is 1.70. The second kappa shape index (κ2) is 8.35. The number of hydrogen-bond acceptors (Lipinski definition) is 5. The number of carbonyl (C=O) groups is 2. The fourth-order valence-electron chi connectivity index (χ4n) is 2.86. The first kappa shape index (κ1) is 19.1. The Morgan fingerprint density at radius 3 is 2.59 bits per heavy atom. The van der Waals surface area contributed by atoms with E-state index in [-0.39, 0.29) is 18.6 Å². The lowest BCUT2D eigenvalue weighted by Gasteiger charge is -2.14. The number of nitrogens with one attached hydrogen (secondary N) is 1. The van der Waals surface area contributed by atoms with Crippen LogP contribution in [0.15, 0.2) is 36.4 Å². The van der Waals surface area contributed by atoms with Crippen LogP contribution in [-0.4, -0.2) is 34.3 Å². The Labute approximate surface area is 162 Å². The van der Waals surface area contributed by atoms with E-state index in [1.54, 1.807) is 6.07 Å². The van der Waals surface area contributed by atoms with Crippen molar-refractivity contribution in [2.75, 3.05) is 6.61 Å². The van der Waals surface area contributed by atoms with Gasteiger partial charge in [0, 0.05) is 11.4 Å². The molecule has 6 nitrogen and oxygen atoms in total. The van der Waals surface area contributed by atoms with E-state index in [1.807, 2.05) is 55.8 Å². The topological polar surface area (TPSA) is 73.2 Å². The van der Waals surface area contributed by atoms with E-state index in [2.05, 4.69) is 10.4 Å². The highest BCUT2D eigenvalue weighted by Gasteiger charge is 2.19. The molecular weight excluding hydrogens is 362 g/mol. The predicted molar refractivity (Wildman–Crippen MR) is 106 cm³/mol. The standard InChI is InChI=1S/C20H23N3O3S/c1-4-14(5-2)21-18(24)12-26-20(25)17-11-16-13(3)22-23(19(16)27-17)15-9-7-6-8-10-15/h6-11,14H,4-5,12H2,1-3H3,(H,21,24). The lowest BCUT2D eigenvalue weighted by atomic mass is 10.2. The van der Waals surface area contributed by atoms with E-state index in [0.717, 1.165) is 34.4 Å². The summed E-state index contributed by atoms with van der Waals surface area (Å²) in [5.74, 6) is -0.764. The summed E-state index contributed by atoms with van der Waals surface area (Å²) in [6.45, 7) is 5.66. The molecule has 0 saturated carbocycles. The molecule has 0 aliphatic heterocycles. The molecule has 0 aliphatic rings. The number of hydrogen-bond donors (Lipinski definition) is 1. The maximum atomic E-state index is 12.4. The maximum Gasteiger partial charge on any atom is 0.348 e. The number of aromatic nitrogens is 2. The van der Waals surface area contributed by atoms with Gasteiger partial charge in [0.2, 0.25) is 0 Å². The molecule has 0 aliphatic carbocycles. The fourth-order valence-corrected chi connectivity index (χ4v) is 3.93. The number of benzene rings is 1. The number of fused-ring (bicyclic) bond motifs is 1. The predicted octanol–water partition coefficient (Wildman–Crippen LogP) is 3.86. The van der Waals surface area contributed by atoms with Gasteiger partial charge in [-0.25, -0.2) is 9.48 Å². The number of ether oxygens (including phenoxy) is 1. The van der Waals surface area contributed by atoms with Crippen LogP contribution in [0, 0.1) is 6.92 Å². The van der Waals surface area contributed by atoms with Crippen LogP contribution < -0.4 is 5.32 Å². The number of esters is 1. The molecule has 1 aromatic carbocycles. The monoisotopic (exact) mass is 385 g/mol. The van der Waals surface area contributed by atoms with Crippen molar-refractivity contribution in [1.82, 2.24) is 15.1 Å². The Morgan fingerprint density at radius 2 is 1.93 bits per heavy atom. The smallest absolute Gasteiger partial charge is 0.348 e. The molecule has 2 aromatic heterocycles. The molecule has 142 valence electrons. The number of nitrogens with zero attached hydrogens (tertiary/aromatic N) is 2. The summed E-state index contributed by atoms with van der Waals surface area (Å²) in [6, 6.07) is 11.7. The summed E-state index contributed by atoms with van der Waals surface area (Å²) in [4.78, 5) is 25.6. The van der Waals surface area contributed by atoms with Crippen molar-refractivity contribution < 1.29 is 14.3 Å². The average molecular weight is 385 g/mol. The quantitative estimate of drug-likeness (QED) is 0.627. The van der Waals surface area contributed by atoms with Crippen LogP contribution in [-0.2, 0) is 9.53 Å². The molecule has 3 rings (SSSR count). The molecule has 0 radical (unpaired) electrons. The summed E-state index contributed by atoms with van der Waals surface area (Å²) in [7, 11) is 0. The highest BCUT2D eigenvalue weighted by Crippen LogP contribution is 2.30. The van der Waals surface area contributed by atoms with Crippen molar-refractivity contribution in [3.8, 4) is 5.69 Å². The first-order valence-electron chi connectivity index (χ1n) is 9.04. The van der Waals surface area contributed by atoms with Gasteiger partial charge in [-0.15, -0.1) is 11.3 Å². The number of thiophene rings is 1. The van der Waals surface area contributed by atoms with Gasteiger partial charge in [0.25, 0.3) is 5.91 Å². The van der Waals surface area contributed by atoms with Crippen LogP contribution in [0.4, 0.5) is 0 Å². The zero-order valence-electron chi connectivity index (χ0n) is 15.7. The van der Waals surface area contributed by atoms with Crippen molar-refractivity contribution in [1.29, 1.82) is 0 Å². The van der Waals surface area contributed by atoms with E-state index in [4.69, 9.17) is 4.74 Å². The minimum Gasteiger partial charge on any atom is -0.451 e. The Balaban J connectivity index is 1.74.